The number of pyridine rings is 1. The van der Waals surface area contributed by atoms with Gasteiger partial charge in [-0.05, 0) is 22.4 Å². The highest BCUT2D eigenvalue weighted by atomic mass is 16.1. The zero-order valence-corrected chi connectivity index (χ0v) is 12.0. The molecule has 3 nitrogen and oxygen atoms in total. The van der Waals surface area contributed by atoms with Crippen LogP contribution in [0.15, 0.2) is 59.7 Å². The number of ketones is 1. The summed E-state index contributed by atoms with van der Waals surface area (Å²) >= 11 is 0. The number of Topliss-reactive ketones (excluding diaryl/α,β-unsaturated/α-hetero) is 1. The molecule has 2 aromatic carbocycles. The molecule has 3 heteroatoms. The molecule has 0 bridgehead atoms. The lowest BCUT2D eigenvalue weighted by Gasteiger charge is -2.08. The first-order chi connectivity index (χ1) is 10.8. The number of carbonyl (C=O) groups excluding carboxylic acids is 1. The van der Waals surface area contributed by atoms with Crippen LogP contribution in [0.3, 0.4) is 0 Å². The molecule has 0 unspecified atom stereocenters. The minimum Gasteiger partial charge on any atom is -0.294 e. The zero-order chi connectivity index (χ0) is 14.9. The fraction of sp³-hybridized carbons (Fsp3) is 0.105. The molecule has 0 fully saturated rings. The predicted octanol–water partition coefficient (Wildman–Crippen LogP) is 3.92. The molecule has 4 rings (SSSR count). The van der Waals surface area contributed by atoms with Crippen molar-refractivity contribution in [2.24, 2.45) is 4.99 Å². The SMILES string of the molecule is O=C(Cc1cccc2ccccc12)c1ccnc2c1CC=N2. The summed E-state index contributed by atoms with van der Waals surface area (Å²) in [7, 11) is 0. The fourth-order valence-corrected chi connectivity index (χ4v) is 2.99. The monoisotopic (exact) mass is 286 g/mol. The lowest BCUT2D eigenvalue weighted by atomic mass is 9.95. The van der Waals surface area contributed by atoms with Crippen molar-refractivity contribution in [2.75, 3.05) is 0 Å². The molecule has 22 heavy (non-hydrogen) atoms. The first-order valence-electron chi connectivity index (χ1n) is 7.33. The number of hydrogen-bond donors (Lipinski definition) is 0. The van der Waals surface area contributed by atoms with Crippen LogP contribution in [-0.2, 0) is 12.8 Å². The van der Waals surface area contributed by atoms with Gasteiger partial charge in [0, 0.05) is 36.4 Å². The first-order valence-corrected chi connectivity index (χ1v) is 7.33. The molecule has 0 aliphatic carbocycles. The normalized spacial score (nSPS) is 12.5. The molecule has 0 amide bonds. The molecule has 2 heterocycles. The fourth-order valence-electron chi connectivity index (χ4n) is 2.99. The van der Waals surface area contributed by atoms with E-state index in [9.17, 15) is 4.79 Å². The third-order valence-electron chi connectivity index (χ3n) is 4.07. The van der Waals surface area contributed by atoms with Crippen LogP contribution in [0, 0.1) is 0 Å². The van der Waals surface area contributed by atoms with Gasteiger partial charge in [0.25, 0.3) is 0 Å². The van der Waals surface area contributed by atoms with Gasteiger partial charge in [0.1, 0.15) is 0 Å². The molecule has 0 saturated carbocycles. The summed E-state index contributed by atoms with van der Waals surface area (Å²) in [6, 6.07) is 16.1. The van der Waals surface area contributed by atoms with E-state index in [-0.39, 0.29) is 5.78 Å². The van der Waals surface area contributed by atoms with Gasteiger partial charge >= 0.3 is 0 Å². The summed E-state index contributed by atoms with van der Waals surface area (Å²) in [5, 5.41) is 2.30. The maximum atomic E-state index is 12.7. The molecule has 3 aromatic rings. The minimum absolute atomic E-state index is 0.125. The van der Waals surface area contributed by atoms with Crippen molar-refractivity contribution < 1.29 is 4.79 Å². The summed E-state index contributed by atoms with van der Waals surface area (Å²) in [4.78, 5) is 21.2. The van der Waals surface area contributed by atoms with E-state index in [0.29, 0.717) is 18.7 Å². The van der Waals surface area contributed by atoms with Crippen LogP contribution in [0.1, 0.15) is 21.5 Å². The van der Waals surface area contributed by atoms with Gasteiger partial charge < -0.3 is 0 Å². The molecule has 0 radical (unpaired) electrons. The summed E-state index contributed by atoms with van der Waals surface area (Å²) in [5.74, 6) is 0.810. The Balaban J connectivity index is 1.72. The molecule has 0 atom stereocenters. The van der Waals surface area contributed by atoms with Gasteiger partial charge in [-0.1, -0.05) is 42.5 Å². The third-order valence-corrected chi connectivity index (χ3v) is 4.07. The average Bonchev–Trinajstić information content (AvgIpc) is 3.03. The zero-order valence-electron chi connectivity index (χ0n) is 12.0. The maximum absolute atomic E-state index is 12.7. The van der Waals surface area contributed by atoms with Gasteiger partial charge in [-0.25, -0.2) is 9.98 Å². The lowest BCUT2D eigenvalue weighted by molar-refractivity contribution is 0.0992. The van der Waals surface area contributed by atoms with E-state index in [2.05, 4.69) is 28.2 Å². The summed E-state index contributed by atoms with van der Waals surface area (Å²) in [6.45, 7) is 0. The second kappa shape index (κ2) is 5.19. The van der Waals surface area contributed by atoms with Gasteiger partial charge in [-0.2, -0.15) is 0 Å². The standard InChI is InChI=1S/C19H14N2O/c22-18(16-8-10-20-19-17(16)9-11-21-19)12-14-6-3-5-13-4-1-2-7-15(13)14/h1-8,10-11H,9,12H2. The van der Waals surface area contributed by atoms with Crippen LogP contribution in [0.5, 0.6) is 0 Å². The van der Waals surface area contributed by atoms with Crippen molar-refractivity contribution in [1.82, 2.24) is 4.98 Å². The van der Waals surface area contributed by atoms with Crippen LogP contribution < -0.4 is 0 Å². The molecular weight excluding hydrogens is 272 g/mol. The Hall–Kier alpha value is -2.81. The van der Waals surface area contributed by atoms with E-state index in [1.54, 1.807) is 12.3 Å². The highest BCUT2D eigenvalue weighted by Gasteiger charge is 2.18. The third kappa shape index (κ3) is 2.11. The number of rotatable bonds is 3. The van der Waals surface area contributed by atoms with E-state index in [1.807, 2.05) is 30.5 Å². The summed E-state index contributed by atoms with van der Waals surface area (Å²) < 4.78 is 0. The molecule has 1 aliphatic heterocycles. The lowest BCUT2D eigenvalue weighted by Crippen LogP contribution is -2.07. The Labute approximate surface area is 128 Å². The molecule has 0 spiro atoms. The Bertz CT molecular complexity index is 907. The molecule has 0 saturated heterocycles. The Morgan fingerprint density at radius 1 is 1.05 bits per heavy atom. The number of hydrogen-bond acceptors (Lipinski definition) is 3. The molecule has 1 aromatic heterocycles. The van der Waals surface area contributed by atoms with Crippen molar-refractivity contribution in [2.45, 2.75) is 12.8 Å². The number of fused-ring (bicyclic) bond motifs is 2. The summed E-state index contributed by atoms with van der Waals surface area (Å²) in [5.41, 5.74) is 2.76. The summed E-state index contributed by atoms with van der Waals surface area (Å²) in [6.07, 6.45) is 4.57. The number of carbonyl (C=O) groups is 1. The van der Waals surface area contributed by atoms with Crippen LogP contribution in [-0.4, -0.2) is 17.0 Å². The van der Waals surface area contributed by atoms with Crippen LogP contribution in [0.25, 0.3) is 10.8 Å². The van der Waals surface area contributed by atoms with E-state index in [4.69, 9.17) is 0 Å². The molecular formula is C19H14N2O. The van der Waals surface area contributed by atoms with Crippen molar-refractivity contribution in [3.8, 4) is 0 Å². The van der Waals surface area contributed by atoms with Gasteiger partial charge in [0.05, 0.1) is 0 Å². The van der Waals surface area contributed by atoms with E-state index < -0.39 is 0 Å². The maximum Gasteiger partial charge on any atom is 0.167 e. The highest BCUT2D eigenvalue weighted by molar-refractivity contribution is 6.03. The van der Waals surface area contributed by atoms with E-state index in [1.165, 1.54) is 0 Å². The second-order valence-corrected chi connectivity index (χ2v) is 5.41. The average molecular weight is 286 g/mol. The minimum atomic E-state index is 0.125. The van der Waals surface area contributed by atoms with Gasteiger partial charge in [0.2, 0.25) is 0 Å². The number of aliphatic imine (C=N–C) groups is 1. The topological polar surface area (TPSA) is 42.3 Å². The van der Waals surface area contributed by atoms with Crippen molar-refractivity contribution >= 4 is 28.6 Å². The van der Waals surface area contributed by atoms with Crippen LogP contribution in [0.2, 0.25) is 0 Å². The molecule has 106 valence electrons. The second-order valence-electron chi connectivity index (χ2n) is 5.41. The number of aromatic nitrogens is 1. The van der Waals surface area contributed by atoms with Gasteiger partial charge in [-0.3, -0.25) is 4.79 Å². The van der Waals surface area contributed by atoms with Crippen LogP contribution in [0.4, 0.5) is 5.82 Å². The predicted molar refractivity (Wildman–Crippen MR) is 88.1 cm³/mol. The Kier molecular flexibility index (Phi) is 3.04. The van der Waals surface area contributed by atoms with Crippen LogP contribution >= 0.6 is 0 Å². The Morgan fingerprint density at radius 3 is 2.86 bits per heavy atom. The largest absolute Gasteiger partial charge is 0.294 e. The smallest absolute Gasteiger partial charge is 0.167 e. The Morgan fingerprint density at radius 2 is 1.91 bits per heavy atom. The quantitative estimate of drug-likeness (QED) is 0.685. The van der Waals surface area contributed by atoms with Crippen molar-refractivity contribution in [3.63, 3.8) is 0 Å². The van der Waals surface area contributed by atoms with E-state index >= 15 is 0 Å². The molecule has 1 aliphatic rings. The molecule has 0 N–H and O–H groups in total. The highest BCUT2D eigenvalue weighted by Crippen LogP contribution is 2.26. The number of benzene rings is 2. The van der Waals surface area contributed by atoms with Gasteiger partial charge in [-0.15, -0.1) is 0 Å². The van der Waals surface area contributed by atoms with Crippen molar-refractivity contribution in [3.05, 3.63) is 71.4 Å². The number of nitrogens with zero attached hydrogens (tertiary/aromatic N) is 2. The van der Waals surface area contributed by atoms with E-state index in [0.717, 1.165) is 27.5 Å². The van der Waals surface area contributed by atoms with Gasteiger partial charge in [0.15, 0.2) is 11.6 Å². The first kappa shape index (κ1) is 12.9. The van der Waals surface area contributed by atoms with Crippen molar-refractivity contribution in [1.29, 1.82) is 0 Å².